The summed E-state index contributed by atoms with van der Waals surface area (Å²) in [5.74, 6) is 0.606. The third-order valence-corrected chi connectivity index (χ3v) is 5.40. The van der Waals surface area contributed by atoms with Crippen LogP contribution in [0.3, 0.4) is 0 Å². The minimum atomic E-state index is -0.978. The Balaban J connectivity index is 1.90. The fraction of sp³-hybridized carbons (Fsp3) is 0.440. The SMILES string of the molecule is CCOC(Cc1ccc(OCCN(CCC(C)C)C(=O)Oc2ccc(Br)cc2)cc1)C(=O)O. The largest absolute Gasteiger partial charge is 0.492 e. The number of halogens is 1. The number of rotatable bonds is 13. The summed E-state index contributed by atoms with van der Waals surface area (Å²) in [6, 6.07) is 14.3. The van der Waals surface area contributed by atoms with Crippen molar-refractivity contribution in [3.63, 3.8) is 0 Å². The van der Waals surface area contributed by atoms with E-state index in [0.29, 0.717) is 43.7 Å². The molecule has 0 saturated heterocycles. The zero-order valence-corrected chi connectivity index (χ0v) is 20.9. The Morgan fingerprint density at radius 1 is 1.00 bits per heavy atom. The zero-order valence-electron chi connectivity index (χ0n) is 19.3. The van der Waals surface area contributed by atoms with Crippen molar-refractivity contribution >= 4 is 28.0 Å². The average molecular weight is 522 g/mol. The molecule has 0 fully saturated rings. The average Bonchev–Trinajstić information content (AvgIpc) is 2.78. The van der Waals surface area contributed by atoms with Gasteiger partial charge in [0, 0.05) is 24.0 Å². The predicted molar refractivity (Wildman–Crippen MR) is 130 cm³/mol. The summed E-state index contributed by atoms with van der Waals surface area (Å²) in [6.07, 6.45) is -0.135. The number of aliphatic carboxylic acids is 1. The second-order valence-corrected chi connectivity index (χ2v) is 8.89. The Hall–Kier alpha value is -2.58. The number of amides is 1. The van der Waals surface area contributed by atoms with Gasteiger partial charge in [-0.1, -0.05) is 41.9 Å². The summed E-state index contributed by atoms with van der Waals surface area (Å²) in [5, 5.41) is 9.22. The molecule has 0 bridgehead atoms. The molecule has 0 heterocycles. The van der Waals surface area contributed by atoms with Crippen LogP contribution in [0.5, 0.6) is 11.5 Å². The van der Waals surface area contributed by atoms with Crippen LogP contribution in [-0.4, -0.2) is 54.5 Å². The van der Waals surface area contributed by atoms with Gasteiger partial charge in [-0.15, -0.1) is 0 Å². The van der Waals surface area contributed by atoms with Crippen molar-refractivity contribution in [2.45, 2.75) is 39.7 Å². The molecule has 0 spiro atoms. The third-order valence-electron chi connectivity index (χ3n) is 4.87. The van der Waals surface area contributed by atoms with Gasteiger partial charge in [0.05, 0.1) is 6.54 Å². The second-order valence-electron chi connectivity index (χ2n) is 7.97. The van der Waals surface area contributed by atoms with E-state index in [9.17, 15) is 14.7 Å². The molecule has 0 radical (unpaired) electrons. The number of hydrogen-bond acceptors (Lipinski definition) is 5. The first-order chi connectivity index (χ1) is 15.8. The zero-order chi connectivity index (χ0) is 24.2. The lowest BCUT2D eigenvalue weighted by atomic mass is 10.1. The molecule has 0 aliphatic rings. The molecule has 7 nitrogen and oxygen atoms in total. The lowest BCUT2D eigenvalue weighted by Gasteiger charge is -2.23. The van der Waals surface area contributed by atoms with E-state index in [4.69, 9.17) is 14.2 Å². The van der Waals surface area contributed by atoms with Crippen LogP contribution in [0.15, 0.2) is 53.0 Å². The molecule has 2 aromatic rings. The van der Waals surface area contributed by atoms with E-state index in [1.54, 1.807) is 36.1 Å². The minimum absolute atomic E-state index is 0.286. The molecule has 0 aliphatic heterocycles. The monoisotopic (exact) mass is 521 g/mol. The molecule has 2 rings (SSSR count). The molecule has 33 heavy (non-hydrogen) atoms. The molecule has 1 amide bonds. The van der Waals surface area contributed by atoms with Gasteiger partial charge >= 0.3 is 12.1 Å². The molecule has 1 N–H and O–H groups in total. The maximum atomic E-state index is 12.7. The Morgan fingerprint density at radius 3 is 2.21 bits per heavy atom. The third kappa shape index (κ3) is 9.84. The summed E-state index contributed by atoms with van der Waals surface area (Å²) in [4.78, 5) is 25.6. The number of carbonyl (C=O) groups excluding carboxylic acids is 1. The van der Waals surface area contributed by atoms with Gasteiger partial charge in [-0.25, -0.2) is 9.59 Å². The van der Waals surface area contributed by atoms with Crippen LogP contribution in [0.4, 0.5) is 4.79 Å². The lowest BCUT2D eigenvalue weighted by Crippen LogP contribution is -2.38. The van der Waals surface area contributed by atoms with Gasteiger partial charge in [0.1, 0.15) is 18.1 Å². The van der Waals surface area contributed by atoms with Crippen LogP contribution in [-0.2, 0) is 16.0 Å². The lowest BCUT2D eigenvalue weighted by molar-refractivity contribution is -0.149. The Bertz CT molecular complexity index is 869. The first-order valence-corrected chi connectivity index (χ1v) is 11.9. The van der Waals surface area contributed by atoms with Gasteiger partial charge in [0.25, 0.3) is 0 Å². The predicted octanol–water partition coefficient (Wildman–Crippen LogP) is 5.41. The van der Waals surface area contributed by atoms with Crippen molar-refractivity contribution in [1.82, 2.24) is 4.90 Å². The molecule has 0 aromatic heterocycles. The Kier molecular flexibility index (Phi) is 11.2. The maximum Gasteiger partial charge on any atom is 0.415 e. The molecular formula is C25H32BrNO6. The maximum absolute atomic E-state index is 12.7. The number of benzene rings is 2. The highest BCUT2D eigenvalue weighted by Gasteiger charge is 2.18. The van der Waals surface area contributed by atoms with Crippen LogP contribution >= 0.6 is 15.9 Å². The number of ether oxygens (including phenoxy) is 3. The summed E-state index contributed by atoms with van der Waals surface area (Å²) in [6.45, 7) is 7.59. The van der Waals surface area contributed by atoms with Gasteiger partial charge in [-0.05, 0) is 61.2 Å². The van der Waals surface area contributed by atoms with Crippen molar-refractivity contribution in [1.29, 1.82) is 0 Å². The van der Waals surface area contributed by atoms with E-state index in [1.807, 2.05) is 24.3 Å². The molecule has 8 heteroatoms. The van der Waals surface area contributed by atoms with Crippen molar-refractivity contribution in [2.75, 3.05) is 26.3 Å². The Morgan fingerprint density at radius 2 is 1.64 bits per heavy atom. The fourth-order valence-corrected chi connectivity index (χ4v) is 3.27. The summed E-state index contributed by atoms with van der Waals surface area (Å²) in [7, 11) is 0. The van der Waals surface area contributed by atoms with E-state index >= 15 is 0 Å². The highest BCUT2D eigenvalue weighted by atomic mass is 79.9. The van der Waals surface area contributed by atoms with Gasteiger partial charge in [-0.3, -0.25) is 0 Å². The highest BCUT2D eigenvalue weighted by Crippen LogP contribution is 2.18. The first kappa shape index (κ1) is 26.7. The minimum Gasteiger partial charge on any atom is -0.492 e. The van der Waals surface area contributed by atoms with Crippen LogP contribution < -0.4 is 9.47 Å². The number of nitrogens with zero attached hydrogens (tertiary/aromatic N) is 1. The number of hydrogen-bond donors (Lipinski definition) is 1. The Labute approximate surface area is 203 Å². The summed E-state index contributed by atoms with van der Waals surface area (Å²) in [5.41, 5.74) is 0.847. The van der Waals surface area contributed by atoms with Crippen molar-refractivity contribution in [2.24, 2.45) is 5.92 Å². The fourth-order valence-electron chi connectivity index (χ4n) is 3.00. The molecule has 0 saturated carbocycles. The molecule has 0 aliphatic carbocycles. The van der Waals surface area contributed by atoms with Crippen LogP contribution in [0.2, 0.25) is 0 Å². The van der Waals surface area contributed by atoms with Gasteiger partial charge < -0.3 is 24.2 Å². The van der Waals surface area contributed by atoms with E-state index in [1.165, 1.54) is 0 Å². The first-order valence-electron chi connectivity index (χ1n) is 11.1. The highest BCUT2D eigenvalue weighted by molar-refractivity contribution is 9.10. The van der Waals surface area contributed by atoms with E-state index < -0.39 is 18.2 Å². The molecule has 1 unspecified atom stereocenters. The summed E-state index contributed by atoms with van der Waals surface area (Å²) >= 11 is 3.37. The topological polar surface area (TPSA) is 85.3 Å². The standard InChI is InChI=1S/C25H32BrNO6/c1-4-31-23(24(28)29)17-19-5-9-21(10-6-19)32-16-15-27(14-13-18(2)3)25(30)33-22-11-7-20(26)8-12-22/h5-12,18,23H,4,13-17H2,1-3H3,(H,28,29). The number of carboxylic acids is 1. The van der Waals surface area contributed by atoms with E-state index in [0.717, 1.165) is 16.5 Å². The van der Waals surface area contributed by atoms with Gasteiger partial charge in [0.2, 0.25) is 0 Å². The summed E-state index contributed by atoms with van der Waals surface area (Å²) < 4.78 is 17.5. The van der Waals surface area contributed by atoms with Crippen LogP contribution in [0, 0.1) is 5.92 Å². The normalized spacial score (nSPS) is 11.8. The molecule has 1 atom stereocenters. The van der Waals surface area contributed by atoms with Crippen molar-refractivity contribution in [3.8, 4) is 11.5 Å². The molecule has 2 aromatic carbocycles. The molecule has 180 valence electrons. The van der Waals surface area contributed by atoms with Gasteiger partial charge in [0.15, 0.2) is 6.10 Å². The smallest absolute Gasteiger partial charge is 0.415 e. The quantitative estimate of drug-likeness (QED) is 0.379. The van der Waals surface area contributed by atoms with E-state index in [-0.39, 0.29) is 6.42 Å². The number of carbonyl (C=O) groups is 2. The van der Waals surface area contributed by atoms with Gasteiger partial charge in [-0.2, -0.15) is 0 Å². The molecular weight excluding hydrogens is 490 g/mol. The van der Waals surface area contributed by atoms with E-state index in [2.05, 4.69) is 29.8 Å². The van der Waals surface area contributed by atoms with Crippen LogP contribution in [0.1, 0.15) is 32.8 Å². The number of carboxylic acid groups (broad SMARTS) is 1. The van der Waals surface area contributed by atoms with Crippen molar-refractivity contribution < 1.29 is 28.9 Å². The van der Waals surface area contributed by atoms with Crippen LogP contribution in [0.25, 0.3) is 0 Å². The van der Waals surface area contributed by atoms with Crippen molar-refractivity contribution in [3.05, 3.63) is 58.6 Å². The second kappa shape index (κ2) is 13.9.